The average molecular weight is 402 g/mol. The van der Waals surface area contributed by atoms with Crippen LogP contribution in [0.25, 0.3) is 5.69 Å². The molecule has 0 radical (unpaired) electrons. The second-order valence-corrected chi connectivity index (χ2v) is 8.21. The Bertz CT molecular complexity index is 909. The Kier molecular flexibility index (Phi) is 5.56. The van der Waals surface area contributed by atoms with Gasteiger partial charge in [0.15, 0.2) is 0 Å². The van der Waals surface area contributed by atoms with E-state index >= 15 is 0 Å². The van der Waals surface area contributed by atoms with Crippen molar-refractivity contribution in [1.29, 1.82) is 0 Å². The Hall–Kier alpha value is -2.10. The first-order chi connectivity index (χ1) is 13.5. The molecule has 2 fully saturated rings. The van der Waals surface area contributed by atoms with Crippen LogP contribution in [-0.2, 0) is 11.5 Å². The third-order valence-electron chi connectivity index (χ3n) is 5.34. The molecule has 150 valence electrons. The van der Waals surface area contributed by atoms with Gasteiger partial charge >= 0.3 is 0 Å². The van der Waals surface area contributed by atoms with Crippen molar-refractivity contribution in [3.63, 3.8) is 0 Å². The summed E-state index contributed by atoms with van der Waals surface area (Å²) >= 11 is 5.62. The Balaban J connectivity index is 1.34. The number of aromatic nitrogens is 4. The highest BCUT2D eigenvalue weighted by Crippen LogP contribution is 2.18. The van der Waals surface area contributed by atoms with E-state index in [9.17, 15) is 4.79 Å². The van der Waals surface area contributed by atoms with Crippen molar-refractivity contribution in [2.24, 2.45) is 0 Å². The topological polar surface area (TPSA) is 71.2 Å². The highest BCUT2D eigenvalue weighted by Gasteiger charge is 2.25. The number of tetrazole rings is 1. The average Bonchev–Trinajstić information content (AvgIpc) is 3.41. The summed E-state index contributed by atoms with van der Waals surface area (Å²) in [5.74, 6) is 0.148. The van der Waals surface area contributed by atoms with Crippen LogP contribution in [0.15, 0.2) is 18.2 Å². The molecule has 1 N–H and O–H groups in total. The van der Waals surface area contributed by atoms with E-state index in [-0.39, 0.29) is 5.91 Å². The number of benzene rings is 1. The van der Waals surface area contributed by atoms with Crippen molar-refractivity contribution in [1.82, 2.24) is 34.9 Å². The van der Waals surface area contributed by atoms with Crippen molar-refractivity contribution in [3.05, 3.63) is 34.1 Å². The molecule has 1 aromatic heterocycles. The first-order valence-electron chi connectivity index (χ1n) is 9.84. The molecule has 0 spiro atoms. The number of rotatable bonds is 6. The van der Waals surface area contributed by atoms with E-state index < -0.39 is 0 Å². The minimum absolute atomic E-state index is 0.148. The maximum atomic E-state index is 12.0. The third kappa shape index (κ3) is 4.48. The second-order valence-electron chi connectivity index (χ2n) is 7.84. The Labute approximate surface area is 170 Å². The van der Waals surface area contributed by atoms with Crippen LogP contribution < -0.4 is 5.32 Å². The maximum absolute atomic E-state index is 12.0. The van der Waals surface area contributed by atoms with Crippen molar-refractivity contribution in [3.8, 4) is 5.69 Å². The smallest absolute Gasteiger partial charge is 0.234 e. The summed E-state index contributed by atoms with van der Waals surface area (Å²) in [5, 5.41) is 11.6. The molecule has 1 amide bonds. The van der Waals surface area contributed by atoms with Crippen LogP contribution in [-0.4, -0.2) is 74.3 Å². The lowest BCUT2D eigenvalue weighted by Gasteiger charge is -2.33. The van der Waals surface area contributed by atoms with E-state index in [0.29, 0.717) is 24.0 Å². The summed E-state index contributed by atoms with van der Waals surface area (Å²) in [6.07, 6.45) is 2.26. The fourth-order valence-corrected chi connectivity index (χ4v) is 3.67. The summed E-state index contributed by atoms with van der Waals surface area (Å²) in [6, 6.07) is 6.66. The van der Waals surface area contributed by atoms with Crippen LogP contribution in [0.3, 0.4) is 0 Å². The summed E-state index contributed by atoms with van der Waals surface area (Å²) in [6.45, 7) is 8.73. The van der Waals surface area contributed by atoms with Gasteiger partial charge in [-0.3, -0.25) is 14.6 Å². The van der Waals surface area contributed by atoms with E-state index in [2.05, 4.69) is 50.7 Å². The molecular weight excluding hydrogens is 374 g/mol. The lowest BCUT2D eigenvalue weighted by molar-refractivity contribution is -0.122. The van der Waals surface area contributed by atoms with Gasteiger partial charge in [0, 0.05) is 32.2 Å². The fraction of sp³-hybridized carbons (Fsp3) is 0.579. The van der Waals surface area contributed by atoms with E-state index in [1.54, 1.807) is 9.36 Å². The molecule has 4 rings (SSSR count). The van der Waals surface area contributed by atoms with Gasteiger partial charge in [-0.1, -0.05) is 12.1 Å². The molecule has 9 heteroatoms. The van der Waals surface area contributed by atoms with E-state index in [1.807, 2.05) is 6.92 Å². The SMILES string of the molecule is Cc1ccc(C)c(-n2nnn(CN3CCN(CC(=O)NC4CC4)CC3)c2=S)c1. The van der Waals surface area contributed by atoms with Crippen LogP contribution in [0.2, 0.25) is 0 Å². The van der Waals surface area contributed by atoms with Gasteiger partial charge in [0.25, 0.3) is 0 Å². The van der Waals surface area contributed by atoms with Crippen molar-refractivity contribution >= 4 is 18.1 Å². The highest BCUT2D eigenvalue weighted by atomic mass is 32.1. The van der Waals surface area contributed by atoms with Gasteiger partial charge in [0.1, 0.15) is 0 Å². The lowest BCUT2D eigenvalue weighted by atomic mass is 10.1. The predicted octanol–water partition coefficient (Wildman–Crippen LogP) is 1.27. The molecule has 1 aromatic carbocycles. The molecule has 1 saturated carbocycles. The van der Waals surface area contributed by atoms with Gasteiger partial charge in [0.05, 0.1) is 18.9 Å². The maximum Gasteiger partial charge on any atom is 0.234 e. The van der Waals surface area contributed by atoms with E-state index in [1.165, 1.54) is 5.56 Å². The Morgan fingerprint density at radius 3 is 2.57 bits per heavy atom. The predicted molar refractivity (Wildman–Crippen MR) is 109 cm³/mol. The molecule has 2 heterocycles. The first kappa shape index (κ1) is 19.2. The molecule has 2 aromatic rings. The molecule has 28 heavy (non-hydrogen) atoms. The minimum Gasteiger partial charge on any atom is -0.352 e. The lowest BCUT2D eigenvalue weighted by Crippen LogP contribution is -2.49. The minimum atomic E-state index is 0.148. The fourth-order valence-electron chi connectivity index (χ4n) is 3.44. The van der Waals surface area contributed by atoms with Gasteiger partial charge < -0.3 is 5.32 Å². The number of carbonyl (C=O) groups excluding carboxylic acids is 1. The number of hydrogen-bond donors (Lipinski definition) is 1. The summed E-state index contributed by atoms with van der Waals surface area (Å²) in [7, 11) is 0. The van der Waals surface area contributed by atoms with Gasteiger partial charge in [-0.2, -0.15) is 4.68 Å². The molecule has 2 aliphatic rings. The number of aryl methyl sites for hydroxylation is 2. The summed E-state index contributed by atoms with van der Waals surface area (Å²) in [5.41, 5.74) is 3.26. The molecular formula is C19H27N7OS. The number of nitrogens with one attached hydrogen (secondary N) is 1. The molecule has 0 bridgehead atoms. The zero-order valence-corrected chi connectivity index (χ0v) is 17.3. The van der Waals surface area contributed by atoms with Crippen molar-refractivity contribution < 1.29 is 4.79 Å². The quantitative estimate of drug-likeness (QED) is 0.735. The number of carbonyl (C=O) groups is 1. The monoisotopic (exact) mass is 401 g/mol. The summed E-state index contributed by atoms with van der Waals surface area (Å²) < 4.78 is 4.10. The molecule has 0 atom stereocenters. The standard InChI is InChI=1S/C19H27N7OS/c1-14-3-4-15(2)17(11-14)26-19(28)25(21-22-26)13-24-9-7-23(8-10-24)12-18(27)20-16-5-6-16/h3-4,11,16H,5-10,12-13H2,1-2H3,(H,20,27). The molecule has 1 aliphatic carbocycles. The molecule has 0 unspecified atom stereocenters. The molecule has 8 nitrogen and oxygen atoms in total. The number of nitrogens with zero attached hydrogens (tertiary/aromatic N) is 6. The zero-order chi connectivity index (χ0) is 19.7. The Morgan fingerprint density at radius 1 is 1.14 bits per heavy atom. The first-order valence-corrected chi connectivity index (χ1v) is 10.2. The zero-order valence-electron chi connectivity index (χ0n) is 16.5. The third-order valence-corrected chi connectivity index (χ3v) is 5.72. The molecule has 1 aliphatic heterocycles. The van der Waals surface area contributed by atoms with E-state index in [0.717, 1.165) is 50.3 Å². The van der Waals surface area contributed by atoms with Gasteiger partial charge in [-0.05, 0) is 66.5 Å². The summed E-state index contributed by atoms with van der Waals surface area (Å²) in [4.78, 5) is 16.5. The van der Waals surface area contributed by atoms with Gasteiger partial charge in [-0.25, -0.2) is 4.68 Å². The number of amides is 1. The molecule has 1 saturated heterocycles. The van der Waals surface area contributed by atoms with Crippen LogP contribution >= 0.6 is 12.2 Å². The van der Waals surface area contributed by atoms with Crippen LogP contribution in [0.4, 0.5) is 0 Å². The van der Waals surface area contributed by atoms with Crippen molar-refractivity contribution in [2.45, 2.75) is 39.4 Å². The van der Waals surface area contributed by atoms with E-state index in [4.69, 9.17) is 12.2 Å². The van der Waals surface area contributed by atoms with Crippen LogP contribution in [0.5, 0.6) is 0 Å². The highest BCUT2D eigenvalue weighted by molar-refractivity contribution is 7.71. The van der Waals surface area contributed by atoms with Gasteiger partial charge in [-0.15, -0.1) is 0 Å². The Morgan fingerprint density at radius 2 is 1.86 bits per heavy atom. The second kappa shape index (κ2) is 8.10. The van der Waals surface area contributed by atoms with Crippen molar-refractivity contribution in [2.75, 3.05) is 32.7 Å². The largest absolute Gasteiger partial charge is 0.352 e. The normalized spacial score (nSPS) is 18.4. The number of piperazine rings is 1. The van der Waals surface area contributed by atoms with Crippen LogP contribution in [0.1, 0.15) is 24.0 Å². The number of hydrogen-bond acceptors (Lipinski definition) is 6. The van der Waals surface area contributed by atoms with Crippen LogP contribution in [0, 0.1) is 18.6 Å². The van der Waals surface area contributed by atoms with Gasteiger partial charge in [0.2, 0.25) is 10.7 Å².